The highest BCUT2D eigenvalue weighted by molar-refractivity contribution is 7.89. The molecule has 4 aromatic carbocycles. The summed E-state index contributed by atoms with van der Waals surface area (Å²) in [5.41, 5.74) is -9.13. The van der Waals surface area contributed by atoms with Gasteiger partial charge in [-0.15, -0.1) is 0 Å². The molecule has 462 valence electrons. The Morgan fingerprint density at radius 3 is 1.28 bits per heavy atom. The van der Waals surface area contributed by atoms with E-state index in [-0.39, 0.29) is 56.4 Å². The fourth-order valence-electron chi connectivity index (χ4n) is 9.00. The molecule has 0 bridgehead atoms. The fourth-order valence-corrected chi connectivity index (χ4v) is 11.0. The molecule has 0 aliphatic rings. The number of ether oxygens (including phenoxy) is 6. The molecule has 88 heavy (non-hydrogen) atoms. The third kappa shape index (κ3) is 13.7. The molecule has 8 aromatic rings. The molecule has 0 fully saturated rings. The average Bonchev–Trinajstić information content (AvgIpc) is 1.00. The molecule has 2 N–H and O–H groups in total. The number of hydrazine groups is 1. The number of carbonyl (C=O) groups is 2. The van der Waals surface area contributed by atoms with Crippen molar-refractivity contribution in [3.05, 3.63) is 189 Å². The number of hydrogen-bond acceptors (Lipinski definition) is 16. The number of hydrogen-bond donors (Lipinski definition) is 1. The number of methoxy groups -OCH3 is 4. The van der Waals surface area contributed by atoms with Crippen LogP contribution >= 0.6 is 0 Å². The number of aryl methyl sites for hydroxylation is 2. The first kappa shape index (κ1) is 64.5. The second-order valence-electron chi connectivity index (χ2n) is 19.0. The largest absolute Gasteiger partial charge is 0.497 e. The van der Waals surface area contributed by atoms with Gasteiger partial charge in [0.1, 0.15) is 34.1 Å². The number of carbonyl (C=O) groups excluding carboxylic acids is 2. The quantitative estimate of drug-likeness (QED) is 0.0449. The van der Waals surface area contributed by atoms with Crippen molar-refractivity contribution in [2.24, 2.45) is 5.14 Å². The third-order valence-corrected chi connectivity index (χ3v) is 16.1. The molecule has 8 rings (SSSR count). The highest BCUT2D eigenvalue weighted by Crippen LogP contribution is 2.43. The molecule has 0 radical (unpaired) electrons. The van der Waals surface area contributed by atoms with Crippen LogP contribution < -0.4 is 43.6 Å². The van der Waals surface area contributed by atoms with Crippen LogP contribution in [0.25, 0.3) is 0 Å². The number of aromatic nitrogens is 4. The van der Waals surface area contributed by atoms with E-state index in [9.17, 15) is 17.2 Å². The molecule has 0 aliphatic carbocycles. The lowest BCUT2D eigenvalue weighted by molar-refractivity contribution is -0.139. The van der Waals surface area contributed by atoms with Crippen molar-refractivity contribution in [3.63, 3.8) is 0 Å². The molecule has 4 heterocycles. The van der Waals surface area contributed by atoms with Gasteiger partial charge >= 0.3 is 12.4 Å². The lowest BCUT2D eigenvalue weighted by Crippen LogP contribution is -2.51. The van der Waals surface area contributed by atoms with Crippen molar-refractivity contribution in [3.8, 4) is 46.3 Å². The number of halogens is 8. The van der Waals surface area contributed by atoms with Gasteiger partial charge in [0, 0.05) is 48.7 Å². The predicted octanol–water partition coefficient (Wildman–Crippen LogP) is 11.4. The van der Waals surface area contributed by atoms with Crippen molar-refractivity contribution < 1.29 is 90.0 Å². The maximum Gasteiger partial charge on any atom is 0.418 e. The van der Waals surface area contributed by atoms with Gasteiger partial charge in [-0.1, -0.05) is 24.3 Å². The van der Waals surface area contributed by atoms with Crippen LogP contribution in [0.4, 0.5) is 46.5 Å². The Balaban J connectivity index is 1.48. The van der Waals surface area contributed by atoms with Crippen LogP contribution in [0, 0.1) is 39.6 Å². The zero-order valence-electron chi connectivity index (χ0n) is 47.4. The van der Waals surface area contributed by atoms with Gasteiger partial charge in [0.25, 0.3) is 11.8 Å². The van der Waals surface area contributed by atoms with E-state index < -0.39 is 147 Å². The molecule has 0 aliphatic heterocycles. The van der Waals surface area contributed by atoms with Gasteiger partial charge in [-0.05, 0) is 112 Å². The minimum Gasteiger partial charge on any atom is -0.497 e. The third-order valence-electron chi connectivity index (χ3n) is 13.4. The van der Waals surface area contributed by atoms with Gasteiger partial charge in [-0.25, -0.2) is 51.9 Å². The number of anilines is 2. The van der Waals surface area contributed by atoms with Gasteiger partial charge in [0.15, 0.2) is 11.5 Å². The van der Waals surface area contributed by atoms with Crippen LogP contribution in [0.1, 0.15) is 65.5 Å². The number of sulfonamides is 2. The maximum absolute atomic E-state index is 16.4. The number of pyridine rings is 4. The predicted molar refractivity (Wildman–Crippen MR) is 299 cm³/mol. The van der Waals surface area contributed by atoms with E-state index in [1.165, 1.54) is 78.7 Å². The molecule has 0 unspecified atom stereocenters. The summed E-state index contributed by atoms with van der Waals surface area (Å²) in [6.07, 6.45) is -10.1. The molecule has 0 saturated carbocycles. The molecule has 30 heteroatoms. The highest BCUT2D eigenvalue weighted by atomic mass is 32.2. The Hall–Kier alpha value is -9.52. The van der Waals surface area contributed by atoms with E-state index in [2.05, 4.69) is 19.9 Å². The second-order valence-corrected chi connectivity index (χ2v) is 22.5. The normalized spacial score (nSPS) is 11.9. The Labute approximate surface area is 497 Å². The van der Waals surface area contributed by atoms with Crippen molar-refractivity contribution in [2.45, 2.75) is 62.9 Å². The second kappa shape index (κ2) is 25.4. The topological polar surface area (TPSA) is 245 Å². The first-order valence-corrected chi connectivity index (χ1v) is 28.5. The molecule has 0 saturated heterocycles. The van der Waals surface area contributed by atoms with Crippen LogP contribution in [0.2, 0.25) is 0 Å². The standard InChI is InChI=1S/C58H50F8N8O12S2/c1-31-43(57(61,62)63)27-68-53(85-45-19-21-49(59)70-33(45)3)51(31)55(75)73(37-11-9-13-41(23-37)87(67,77)78)74(56(76)52-32(2)44(58(64,65)66)28-69-54(52)86-46-20-22-50(60)71-34(46)4)38-12-10-14-42(24-38)88(79,80)72(29-35-15-17-39(81-5)25-47(35)83-7)30-36-16-18-40(82-6)26-48(36)84-8/h9-28H,29-30H2,1-8H3,(H2,67,77,78). The molecule has 4 aromatic heterocycles. The lowest BCUT2D eigenvalue weighted by atomic mass is 10.0. The maximum atomic E-state index is 16.4. The van der Waals surface area contributed by atoms with Gasteiger partial charge in [0.2, 0.25) is 43.7 Å². The average molecular weight is 1270 g/mol. The molecular formula is C58H50F8N8O12S2. The van der Waals surface area contributed by atoms with Gasteiger partial charge in [0.05, 0.1) is 72.1 Å². The van der Waals surface area contributed by atoms with Gasteiger partial charge in [-0.2, -0.15) is 39.4 Å². The number of primary sulfonamides is 1. The summed E-state index contributed by atoms with van der Waals surface area (Å²) in [7, 11) is -4.54. The summed E-state index contributed by atoms with van der Waals surface area (Å²) < 4.78 is 212. The van der Waals surface area contributed by atoms with E-state index >= 15 is 44.3 Å². The van der Waals surface area contributed by atoms with Crippen LogP contribution in [0.3, 0.4) is 0 Å². The van der Waals surface area contributed by atoms with Crippen LogP contribution in [0.15, 0.2) is 131 Å². The number of rotatable bonds is 19. The highest BCUT2D eigenvalue weighted by Gasteiger charge is 2.43. The van der Waals surface area contributed by atoms with E-state index in [4.69, 9.17) is 33.6 Å². The van der Waals surface area contributed by atoms with Crippen molar-refractivity contribution in [2.75, 3.05) is 38.5 Å². The summed E-state index contributed by atoms with van der Waals surface area (Å²) in [6, 6.07) is 19.8. The smallest absolute Gasteiger partial charge is 0.418 e. The zero-order chi connectivity index (χ0) is 64.4. The molecule has 20 nitrogen and oxygen atoms in total. The summed E-state index contributed by atoms with van der Waals surface area (Å²) in [6.45, 7) is 3.00. The Bertz CT molecular complexity index is 4200. The summed E-state index contributed by atoms with van der Waals surface area (Å²) >= 11 is 0. The first-order valence-electron chi connectivity index (χ1n) is 25.5. The number of nitrogens with two attached hydrogens (primary N) is 1. The van der Waals surface area contributed by atoms with Crippen LogP contribution in [-0.4, -0.2) is 81.3 Å². The number of alkyl halides is 6. The van der Waals surface area contributed by atoms with Crippen molar-refractivity contribution in [1.29, 1.82) is 0 Å². The Kier molecular flexibility index (Phi) is 18.6. The van der Waals surface area contributed by atoms with Gasteiger partial charge in [-0.3, -0.25) is 9.59 Å². The monoisotopic (exact) mass is 1270 g/mol. The van der Waals surface area contributed by atoms with Crippen molar-refractivity contribution >= 4 is 43.2 Å². The van der Waals surface area contributed by atoms with E-state index in [1.807, 2.05) is 0 Å². The van der Waals surface area contributed by atoms with Crippen molar-refractivity contribution in [1.82, 2.24) is 24.2 Å². The summed E-state index contributed by atoms with van der Waals surface area (Å²) in [5.74, 6) is -7.55. The number of nitrogens with zero attached hydrogens (tertiary/aromatic N) is 7. The van der Waals surface area contributed by atoms with E-state index in [0.29, 0.717) is 17.6 Å². The molecule has 0 atom stereocenters. The molecule has 0 spiro atoms. The zero-order valence-corrected chi connectivity index (χ0v) is 49.0. The first-order chi connectivity index (χ1) is 41.4. The molecular weight excluding hydrogens is 1220 g/mol. The number of benzene rings is 4. The molecule has 2 amide bonds. The minimum atomic E-state index is -5.33. The van der Waals surface area contributed by atoms with E-state index in [1.54, 1.807) is 0 Å². The minimum absolute atomic E-state index is 0.144. The van der Waals surface area contributed by atoms with Crippen LogP contribution in [-0.2, 0) is 45.5 Å². The lowest BCUT2D eigenvalue weighted by Gasteiger charge is -2.36. The van der Waals surface area contributed by atoms with E-state index in [0.717, 1.165) is 84.9 Å². The summed E-state index contributed by atoms with van der Waals surface area (Å²) in [5, 5.41) is 6.00. The van der Waals surface area contributed by atoms with Gasteiger partial charge < -0.3 is 28.4 Å². The summed E-state index contributed by atoms with van der Waals surface area (Å²) in [4.78, 5) is 46.0. The Morgan fingerprint density at radius 2 is 0.920 bits per heavy atom. The van der Waals surface area contributed by atoms with Crippen LogP contribution in [0.5, 0.6) is 46.3 Å². The SMILES string of the molecule is COc1ccc(CN(Cc2ccc(OC)cc2OC)S(=O)(=O)c2cccc(N(C(=O)c3c(Oc4ccc(F)nc4C)ncc(C(F)(F)F)c3C)N(C(=O)c3c(Oc4ccc(F)nc4C)ncc(C(F)(F)F)c3C)c3cccc(S(N)(=O)=O)c3)c2)c(OC)c1. The Morgan fingerprint density at radius 1 is 0.523 bits per heavy atom. The number of amides is 2. The fraction of sp³-hybridized carbons (Fsp3) is 0.207.